The fraction of sp³-hybridized carbons (Fsp3) is 0.632. The molecule has 2 rings (SSSR count). The Morgan fingerprint density at radius 3 is 2.93 bits per heavy atom. The number of guanidine groups is 1. The summed E-state index contributed by atoms with van der Waals surface area (Å²) >= 11 is 6.07. The summed E-state index contributed by atoms with van der Waals surface area (Å²) in [4.78, 5) is 4.63. The molecule has 1 aromatic rings. The van der Waals surface area contributed by atoms with Crippen LogP contribution < -0.4 is 10.6 Å². The van der Waals surface area contributed by atoms with Crippen molar-refractivity contribution < 1.29 is 14.2 Å². The van der Waals surface area contributed by atoms with Crippen molar-refractivity contribution in [3.63, 3.8) is 0 Å². The van der Waals surface area contributed by atoms with Crippen LogP contribution in [0.25, 0.3) is 0 Å². The second-order valence-corrected chi connectivity index (χ2v) is 6.57. The van der Waals surface area contributed by atoms with Crippen LogP contribution in [0, 0.1) is 0 Å². The van der Waals surface area contributed by atoms with Crippen LogP contribution in [0.1, 0.15) is 31.4 Å². The molecule has 2 unspecified atom stereocenters. The van der Waals surface area contributed by atoms with E-state index in [1.807, 2.05) is 31.2 Å². The van der Waals surface area contributed by atoms with Crippen LogP contribution in [0.3, 0.4) is 0 Å². The molecule has 2 N–H and O–H groups in total. The van der Waals surface area contributed by atoms with E-state index in [9.17, 15) is 0 Å². The second kappa shape index (κ2) is 14.4. The number of hydrogen-bond donors (Lipinski definition) is 2. The summed E-state index contributed by atoms with van der Waals surface area (Å²) in [6.07, 6.45) is 2.05. The van der Waals surface area contributed by atoms with Crippen LogP contribution in [0.2, 0.25) is 5.02 Å². The molecule has 8 heteroatoms. The van der Waals surface area contributed by atoms with E-state index in [-0.39, 0.29) is 36.2 Å². The Hall–Kier alpha value is -0.610. The highest BCUT2D eigenvalue weighted by atomic mass is 127. The molecule has 0 bridgehead atoms. The Kier molecular flexibility index (Phi) is 13.0. The van der Waals surface area contributed by atoms with Gasteiger partial charge in [-0.3, -0.25) is 4.99 Å². The van der Waals surface area contributed by atoms with Crippen molar-refractivity contribution in [2.75, 3.05) is 46.6 Å². The minimum absolute atomic E-state index is 0. The molecule has 1 aliphatic rings. The smallest absolute Gasteiger partial charge is 0.191 e. The van der Waals surface area contributed by atoms with Gasteiger partial charge in [-0.15, -0.1) is 24.0 Å². The third-order valence-corrected chi connectivity index (χ3v) is 4.35. The summed E-state index contributed by atoms with van der Waals surface area (Å²) in [5, 5.41) is 7.29. The van der Waals surface area contributed by atoms with Gasteiger partial charge in [-0.2, -0.15) is 0 Å². The Labute approximate surface area is 184 Å². The minimum atomic E-state index is -0.130. The quantitative estimate of drug-likeness (QED) is 0.218. The SMILES string of the molecule is CCNC(=NCC(OC)c1cccc(Cl)c1)NCCCOC1CCOC1.I. The van der Waals surface area contributed by atoms with Gasteiger partial charge in [0.15, 0.2) is 5.96 Å². The largest absolute Gasteiger partial charge is 0.379 e. The highest BCUT2D eigenvalue weighted by Gasteiger charge is 2.15. The van der Waals surface area contributed by atoms with Gasteiger partial charge in [0.2, 0.25) is 0 Å². The molecular formula is C19H31ClIN3O3. The van der Waals surface area contributed by atoms with Gasteiger partial charge < -0.3 is 24.8 Å². The summed E-state index contributed by atoms with van der Waals surface area (Å²) < 4.78 is 16.6. The van der Waals surface area contributed by atoms with Crippen molar-refractivity contribution in [3.8, 4) is 0 Å². The Bertz CT molecular complexity index is 557. The molecule has 0 amide bonds. The maximum absolute atomic E-state index is 6.07. The fourth-order valence-corrected chi connectivity index (χ4v) is 2.91. The lowest BCUT2D eigenvalue weighted by Gasteiger charge is -2.16. The summed E-state index contributed by atoms with van der Waals surface area (Å²) in [6.45, 7) is 6.43. The predicted octanol–water partition coefficient (Wildman–Crippen LogP) is 3.40. The van der Waals surface area contributed by atoms with Crippen LogP contribution in [0.5, 0.6) is 0 Å². The Balaban J connectivity index is 0.00000364. The van der Waals surface area contributed by atoms with E-state index in [1.165, 1.54) is 0 Å². The number of benzene rings is 1. The molecule has 0 saturated carbocycles. The van der Waals surface area contributed by atoms with E-state index >= 15 is 0 Å². The molecule has 0 aliphatic carbocycles. The van der Waals surface area contributed by atoms with Crippen LogP contribution >= 0.6 is 35.6 Å². The Morgan fingerprint density at radius 1 is 1.41 bits per heavy atom. The molecule has 1 saturated heterocycles. The van der Waals surface area contributed by atoms with Crippen molar-refractivity contribution in [2.45, 2.75) is 32.0 Å². The first-order chi connectivity index (χ1) is 12.7. The molecule has 2 atom stereocenters. The van der Waals surface area contributed by atoms with Crippen molar-refractivity contribution in [3.05, 3.63) is 34.9 Å². The van der Waals surface area contributed by atoms with Gasteiger partial charge in [-0.05, 0) is 37.5 Å². The molecule has 154 valence electrons. The van der Waals surface area contributed by atoms with Crippen LogP contribution in [0.15, 0.2) is 29.3 Å². The van der Waals surface area contributed by atoms with Gasteiger partial charge in [0, 0.05) is 38.4 Å². The number of methoxy groups -OCH3 is 1. The lowest BCUT2D eigenvalue weighted by molar-refractivity contribution is 0.0420. The van der Waals surface area contributed by atoms with Crippen molar-refractivity contribution in [2.24, 2.45) is 4.99 Å². The monoisotopic (exact) mass is 511 g/mol. The molecule has 0 spiro atoms. The van der Waals surface area contributed by atoms with Gasteiger partial charge >= 0.3 is 0 Å². The van der Waals surface area contributed by atoms with Gasteiger partial charge in [-0.25, -0.2) is 0 Å². The van der Waals surface area contributed by atoms with Crippen molar-refractivity contribution in [1.82, 2.24) is 10.6 Å². The molecule has 1 aliphatic heterocycles. The van der Waals surface area contributed by atoms with E-state index < -0.39 is 0 Å². The van der Waals surface area contributed by atoms with E-state index in [1.54, 1.807) is 7.11 Å². The Morgan fingerprint density at radius 2 is 2.26 bits per heavy atom. The van der Waals surface area contributed by atoms with E-state index in [0.717, 1.165) is 57.3 Å². The van der Waals surface area contributed by atoms with E-state index in [0.29, 0.717) is 11.6 Å². The van der Waals surface area contributed by atoms with Crippen molar-refractivity contribution in [1.29, 1.82) is 0 Å². The number of nitrogens with one attached hydrogen (secondary N) is 2. The lowest BCUT2D eigenvalue weighted by atomic mass is 10.1. The van der Waals surface area contributed by atoms with Gasteiger partial charge in [-0.1, -0.05) is 23.7 Å². The highest BCUT2D eigenvalue weighted by Crippen LogP contribution is 2.20. The third kappa shape index (κ3) is 9.43. The average Bonchev–Trinajstić information content (AvgIpc) is 3.15. The van der Waals surface area contributed by atoms with Crippen LogP contribution in [-0.4, -0.2) is 58.6 Å². The summed E-state index contributed by atoms with van der Waals surface area (Å²) in [5.41, 5.74) is 1.02. The lowest BCUT2D eigenvalue weighted by Crippen LogP contribution is -2.38. The fourth-order valence-electron chi connectivity index (χ4n) is 2.71. The van der Waals surface area contributed by atoms with Gasteiger partial charge in [0.1, 0.15) is 6.10 Å². The molecule has 6 nitrogen and oxygen atoms in total. The van der Waals surface area contributed by atoms with Gasteiger partial charge in [0.25, 0.3) is 0 Å². The first kappa shape index (κ1) is 24.4. The molecule has 0 aromatic heterocycles. The maximum atomic E-state index is 6.07. The van der Waals surface area contributed by atoms with Crippen LogP contribution in [0.4, 0.5) is 0 Å². The summed E-state index contributed by atoms with van der Waals surface area (Å²) in [6, 6.07) is 7.69. The van der Waals surface area contributed by atoms with E-state index in [2.05, 4.69) is 15.6 Å². The summed E-state index contributed by atoms with van der Waals surface area (Å²) in [5.74, 6) is 0.778. The number of aliphatic imine (C=N–C) groups is 1. The third-order valence-electron chi connectivity index (χ3n) is 4.12. The number of ether oxygens (including phenoxy) is 3. The minimum Gasteiger partial charge on any atom is -0.379 e. The molecule has 0 radical (unpaired) electrons. The standard InChI is InChI=1S/C19H30ClN3O3.HI/c1-3-21-19(22-9-5-10-26-17-8-11-25-14-17)23-13-18(24-2)15-6-4-7-16(20)12-15;/h4,6-7,12,17-18H,3,5,8-11,13-14H2,1-2H3,(H2,21,22,23);1H. The number of rotatable bonds is 10. The molecule has 1 aromatic carbocycles. The topological polar surface area (TPSA) is 64.1 Å². The normalized spacial score (nSPS) is 18.0. The number of hydrogen-bond acceptors (Lipinski definition) is 4. The van der Waals surface area contributed by atoms with Crippen LogP contribution in [-0.2, 0) is 14.2 Å². The zero-order valence-corrected chi connectivity index (χ0v) is 19.2. The molecule has 27 heavy (non-hydrogen) atoms. The maximum Gasteiger partial charge on any atom is 0.191 e. The highest BCUT2D eigenvalue weighted by molar-refractivity contribution is 14.0. The first-order valence-electron chi connectivity index (χ1n) is 9.22. The first-order valence-corrected chi connectivity index (χ1v) is 9.60. The number of nitrogens with zero attached hydrogens (tertiary/aromatic N) is 1. The summed E-state index contributed by atoms with van der Waals surface area (Å²) in [7, 11) is 1.69. The average molecular weight is 512 g/mol. The zero-order valence-electron chi connectivity index (χ0n) is 16.1. The van der Waals surface area contributed by atoms with E-state index in [4.69, 9.17) is 25.8 Å². The molecular weight excluding hydrogens is 481 g/mol. The zero-order chi connectivity index (χ0) is 18.6. The van der Waals surface area contributed by atoms with Crippen molar-refractivity contribution >= 4 is 41.5 Å². The number of halogens is 2. The second-order valence-electron chi connectivity index (χ2n) is 6.14. The van der Waals surface area contributed by atoms with Gasteiger partial charge in [0.05, 0.1) is 19.3 Å². The molecule has 1 heterocycles. The predicted molar refractivity (Wildman–Crippen MR) is 120 cm³/mol. The molecule has 1 fully saturated rings.